The van der Waals surface area contributed by atoms with Gasteiger partial charge in [0.1, 0.15) is 0 Å². The van der Waals surface area contributed by atoms with E-state index >= 15 is 0 Å². The van der Waals surface area contributed by atoms with Gasteiger partial charge in [0.05, 0.1) is 0 Å². The number of nitrogens with zero attached hydrogens (tertiary/aromatic N) is 1. The maximum atomic E-state index is 6.26. The minimum atomic E-state index is 0.295. The van der Waals surface area contributed by atoms with Gasteiger partial charge >= 0.3 is 0 Å². The van der Waals surface area contributed by atoms with Crippen molar-refractivity contribution >= 4 is 11.8 Å². The van der Waals surface area contributed by atoms with Gasteiger partial charge in [-0.3, -0.25) is 0 Å². The Morgan fingerprint density at radius 3 is 2.76 bits per heavy atom. The van der Waals surface area contributed by atoms with Crippen LogP contribution in [0.4, 0.5) is 0 Å². The third-order valence-electron chi connectivity index (χ3n) is 3.42. The predicted octanol–water partition coefficient (Wildman–Crippen LogP) is 2.17. The highest BCUT2D eigenvalue weighted by atomic mass is 32.2. The van der Waals surface area contributed by atoms with Crippen molar-refractivity contribution in [2.75, 3.05) is 31.1 Å². The minimum Gasteiger partial charge on any atom is -0.326 e. The molecule has 2 atom stereocenters. The zero-order valence-electron chi connectivity index (χ0n) is 10.5. The molecule has 2 nitrogen and oxygen atoms in total. The zero-order chi connectivity index (χ0) is 12.1. The third-order valence-corrected chi connectivity index (χ3v) is 4.30. The molecule has 1 aromatic carbocycles. The first-order chi connectivity index (χ1) is 8.31. The summed E-state index contributed by atoms with van der Waals surface area (Å²) in [6, 6.07) is 11.0. The number of hydrogen-bond donors (Lipinski definition) is 1. The van der Waals surface area contributed by atoms with Crippen molar-refractivity contribution in [3.05, 3.63) is 35.9 Å². The van der Waals surface area contributed by atoms with Crippen LogP contribution >= 0.6 is 11.8 Å². The molecule has 3 heteroatoms. The summed E-state index contributed by atoms with van der Waals surface area (Å²) in [7, 11) is 0. The van der Waals surface area contributed by atoms with Gasteiger partial charge in [0.25, 0.3) is 0 Å². The van der Waals surface area contributed by atoms with Crippen LogP contribution in [0, 0.1) is 0 Å². The van der Waals surface area contributed by atoms with Crippen molar-refractivity contribution in [2.24, 2.45) is 5.73 Å². The maximum Gasteiger partial charge on any atom is 0.0249 e. The van der Waals surface area contributed by atoms with Gasteiger partial charge in [-0.1, -0.05) is 37.3 Å². The molecule has 0 spiro atoms. The smallest absolute Gasteiger partial charge is 0.0249 e. The molecule has 0 unspecified atom stereocenters. The van der Waals surface area contributed by atoms with Crippen LogP contribution < -0.4 is 5.73 Å². The monoisotopic (exact) mass is 250 g/mol. The Morgan fingerprint density at radius 1 is 1.29 bits per heavy atom. The molecule has 94 valence electrons. The number of rotatable bonds is 5. The van der Waals surface area contributed by atoms with E-state index in [2.05, 4.69) is 42.2 Å². The van der Waals surface area contributed by atoms with Crippen LogP contribution in [0.3, 0.4) is 0 Å². The maximum absolute atomic E-state index is 6.26. The molecule has 1 aliphatic heterocycles. The highest BCUT2D eigenvalue weighted by Crippen LogP contribution is 2.26. The Hall–Kier alpha value is -0.510. The van der Waals surface area contributed by atoms with Gasteiger partial charge in [0.15, 0.2) is 0 Å². The molecule has 0 bridgehead atoms. The van der Waals surface area contributed by atoms with E-state index in [0.29, 0.717) is 12.0 Å². The standard InChI is InChI=1S/C14H22N2S/c1-2-17-9-8-16-10-13(14(15)11-16)12-6-4-3-5-7-12/h3-7,13-14H,2,8-11,15H2,1H3/t13-,14+/m0/s1. The van der Waals surface area contributed by atoms with Gasteiger partial charge < -0.3 is 10.6 Å². The fourth-order valence-electron chi connectivity index (χ4n) is 2.49. The molecule has 1 aliphatic rings. The lowest BCUT2D eigenvalue weighted by Crippen LogP contribution is -2.29. The van der Waals surface area contributed by atoms with Crippen molar-refractivity contribution in [3.8, 4) is 0 Å². The topological polar surface area (TPSA) is 29.3 Å². The van der Waals surface area contributed by atoms with Gasteiger partial charge in [-0.25, -0.2) is 0 Å². The van der Waals surface area contributed by atoms with Gasteiger partial charge in [-0.15, -0.1) is 0 Å². The van der Waals surface area contributed by atoms with E-state index < -0.39 is 0 Å². The second kappa shape index (κ2) is 6.43. The van der Waals surface area contributed by atoms with Gasteiger partial charge in [-0.05, 0) is 11.3 Å². The number of likely N-dealkylation sites (tertiary alicyclic amines) is 1. The lowest BCUT2D eigenvalue weighted by atomic mass is 9.95. The third kappa shape index (κ3) is 3.47. The van der Waals surface area contributed by atoms with Crippen LogP contribution in [0.5, 0.6) is 0 Å². The molecule has 0 radical (unpaired) electrons. The Balaban J connectivity index is 1.89. The molecular weight excluding hydrogens is 228 g/mol. The molecule has 0 saturated carbocycles. The molecule has 17 heavy (non-hydrogen) atoms. The molecule has 1 heterocycles. The Kier molecular flexibility index (Phi) is 4.89. The summed E-state index contributed by atoms with van der Waals surface area (Å²) in [4.78, 5) is 2.50. The second-order valence-corrected chi connectivity index (χ2v) is 6.03. The fraction of sp³-hybridized carbons (Fsp3) is 0.571. The van der Waals surface area contributed by atoms with Crippen LogP contribution in [0.2, 0.25) is 0 Å². The lowest BCUT2D eigenvalue weighted by Gasteiger charge is -2.15. The number of hydrogen-bond acceptors (Lipinski definition) is 3. The zero-order valence-corrected chi connectivity index (χ0v) is 11.3. The summed E-state index contributed by atoms with van der Waals surface area (Å²) in [6.07, 6.45) is 0. The molecule has 2 N–H and O–H groups in total. The lowest BCUT2D eigenvalue weighted by molar-refractivity contribution is 0.353. The summed E-state index contributed by atoms with van der Waals surface area (Å²) >= 11 is 2.01. The Labute approximate surface area is 109 Å². The Bertz CT molecular complexity index is 328. The van der Waals surface area contributed by atoms with Crippen LogP contribution in [-0.4, -0.2) is 42.1 Å². The Morgan fingerprint density at radius 2 is 2.06 bits per heavy atom. The van der Waals surface area contributed by atoms with Gasteiger partial charge in [0, 0.05) is 37.3 Å². The fourth-order valence-corrected chi connectivity index (χ4v) is 3.16. The van der Waals surface area contributed by atoms with E-state index in [9.17, 15) is 0 Å². The number of nitrogens with two attached hydrogens (primary N) is 1. The average Bonchev–Trinajstić information content (AvgIpc) is 2.72. The first kappa shape index (κ1) is 12.9. The van der Waals surface area contributed by atoms with Gasteiger partial charge in [0.2, 0.25) is 0 Å². The van der Waals surface area contributed by atoms with E-state index in [0.717, 1.165) is 13.1 Å². The van der Waals surface area contributed by atoms with Crippen LogP contribution in [0.15, 0.2) is 30.3 Å². The molecule has 1 aromatic rings. The van der Waals surface area contributed by atoms with Crippen molar-refractivity contribution < 1.29 is 0 Å². The van der Waals surface area contributed by atoms with Crippen LogP contribution in [0.25, 0.3) is 0 Å². The summed E-state index contributed by atoms with van der Waals surface area (Å²) in [5.74, 6) is 2.95. The highest BCUT2D eigenvalue weighted by molar-refractivity contribution is 7.99. The molecule has 0 amide bonds. The molecule has 0 aromatic heterocycles. The summed E-state index contributed by atoms with van der Waals surface area (Å²) in [6.45, 7) is 5.56. The first-order valence-corrected chi connectivity index (χ1v) is 7.57. The van der Waals surface area contributed by atoms with Gasteiger partial charge in [-0.2, -0.15) is 11.8 Å². The second-order valence-electron chi connectivity index (χ2n) is 4.64. The summed E-state index contributed by atoms with van der Waals surface area (Å²) in [5, 5.41) is 0. The van der Waals surface area contributed by atoms with E-state index in [1.165, 1.54) is 23.6 Å². The first-order valence-electron chi connectivity index (χ1n) is 6.42. The van der Waals surface area contributed by atoms with E-state index in [1.807, 2.05) is 11.8 Å². The van der Waals surface area contributed by atoms with Crippen molar-refractivity contribution in [1.82, 2.24) is 4.90 Å². The molecule has 1 saturated heterocycles. The molecule has 1 fully saturated rings. The highest BCUT2D eigenvalue weighted by Gasteiger charge is 2.30. The molecular formula is C14H22N2S. The van der Waals surface area contributed by atoms with Crippen molar-refractivity contribution in [2.45, 2.75) is 18.9 Å². The number of benzene rings is 1. The number of thioether (sulfide) groups is 1. The van der Waals surface area contributed by atoms with Crippen molar-refractivity contribution in [3.63, 3.8) is 0 Å². The molecule has 2 rings (SSSR count). The van der Waals surface area contributed by atoms with E-state index in [1.54, 1.807) is 0 Å². The normalized spacial score (nSPS) is 25.3. The average molecular weight is 250 g/mol. The summed E-state index contributed by atoms with van der Waals surface area (Å²) < 4.78 is 0. The van der Waals surface area contributed by atoms with Crippen molar-refractivity contribution in [1.29, 1.82) is 0 Å². The predicted molar refractivity (Wildman–Crippen MR) is 76.6 cm³/mol. The quantitative estimate of drug-likeness (QED) is 0.812. The molecule has 0 aliphatic carbocycles. The minimum absolute atomic E-state index is 0.295. The van der Waals surface area contributed by atoms with E-state index in [-0.39, 0.29) is 0 Å². The summed E-state index contributed by atoms with van der Waals surface area (Å²) in [5.41, 5.74) is 7.65. The van der Waals surface area contributed by atoms with Crippen LogP contribution in [0.1, 0.15) is 18.4 Å². The SMILES string of the molecule is CCSCCN1C[C@@H](N)[C@H](c2ccccc2)C1. The van der Waals surface area contributed by atoms with Crippen LogP contribution in [-0.2, 0) is 0 Å². The largest absolute Gasteiger partial charge is 0.326 e. The van der Waals surface area contributed by atoms with E-state index in [4.69, 9.17) is 5.73 Å².